The molecule has 10 heavy (non-hydrogen) atoms. The van der Waals surface area contributed by atoms with E-state index in [4.69, 9.17) is 4.42 Å². The number of hydrogen-bond donors (Lipinski definition) is 0. The van der Waals surface area contributed by atoms with Crippen LogP contribution >= 0.6 is 0 Å². The van der Waals surface area contributed by atoms with Crippen LogP contribution in [-0.2, 0) is 12.8 Å². The second-order valence-electron chi connectivity index (χ2n) is 3.07. The highest BCUT2D eigenvalue weighted by Gasteiger charge is 2.18. The van der Waals surface area contributed by atoms with Gasteiger partial charge in [0.2, 0.25) is 0 Å². The smallest absolute Gasteiger partial charge is 0.181 e. The molecular weight excluding hydrogens is 126 g/mol. The highest BCUT2D eigenvalue weighted by atomic mass is 16.3. The summed E-state index contributed by atoms with van der Waals surface area (Å²) in [4.78, 5) is 4.12. The van der Waals surface area contributed by atoms with Crippen LogP contribution in [0, 0.1) is 5.92 Å². The normalized spacial score (nSPS) is 24.3. The second kappa shape index (κ2) is 2.11. The highest BCUT2D eigenvalue weighted by molar-refractivity contribution is 5.11. The molecular formula is C8H11NO. The van der Waals surface area contributed by atoms with Crippen LogP contribution in [0.5, 0.6) is 0 Å². The van der Waals surface area contributed by atoms with Gasteiger partial charge in [-0.05, 0) is 18.8 Å². The molecule has 0 radical (unpaired) electrons. The van der Waals surface area contributed by atoms with Crippen molar-refractivity contribution in [2.75, 3.05) is 0 Å². The Labute approximate surface area is 60.3 Å². The van der Waals surface area contributed by atoms with Gasteiger partial charge in [0.1, 0.15) is 5.76 Å². The SMILES string of the molecule is CC1CCc2ncoc2C1. The summed E-state index contributed by atoms with van der Waals surface area (Å²) in [7, 11) is 0. The van der Waals surface area contributed by atoms with Gasteiger partial charge in [-0.15, -0.1) is 0 Å². The molecule has 0 spiro atoms. The molecule has 1 heterocycles. The van der Waals surface area contributed by atoms with Crippen molar-refractivity contribution in [1.29, 1.82) is 0 Å². The van der Waals surface area contributed by atoms with Crippen molar-refractivity contribution in [3.8, 4) is 0 Å². The summed E-state index contributed by atoms with van der Waals surface area (Å²) >= 11 is 0. The first-order valence-corrected chi connectivity index (χ1v) is 3.77. The Morgan fingerprint density at radius 1 is 1.70 bits per heavy atom. The third kappa shape index (κ3) is 0.838. The van der Waals surface area contributed by atoms with Crippen molar-refractivity contribution in [3.63, 3.8) is 0 Å². The maximum atomic E-state index is 5.22. The molecule has 0 aromatic carbocycles. The number of hydrogen-bond acceptors (Lipinski definition) is 2. The van der Waals surface area contributed by atoms with E-state index in [9.17, 15) is 0 Å². The molecule has 54 valence electrons. The van der Waals surface area contributed by atoms with Crippen molar-refractivity contribution < 1.29 is 4.42 Å². The Morgan fingerprint density at radius 3 is 3.50 bits per heavy atom. The molecule has 0 fully saturated rings. The fraction of sp³-hybridized carbons (Fsp3) is 0.625. The van der Waals surface area contributed by atoms with Crippen LogP contribution in [0.25, 0.3) is 0 Å². The molecule has 2 rings (SSSR count). The standard InChI is InChI=1S/C8H11NO/c1-6-2-3-7-8(4-6)10-5-9-7/h5-6H,2-4H2,1H3. The van der Waals surface area contributed by atoms with Gasteiger partial charge in [0, 0.05) is 6.42 Å². The summed E-state index contributed by atoms with van der Waals surface area (Å²) in [6.07, 6.45) is 5.00. The Hall–Kier alpha value is -0.790. The van der Waals surface area contributed by atoms with Gasteiger partial charge < -0.3 is 4.42 Å². The van der Waals surface area contributed by atoms with Crippen LogP contribution in [0.3, 0.4) is 0 Å². The lowest BCUT2D eigenvalue weighted by atomic mass is 9.92. The summed E-state index contributed by atoms with van der Waals surface area (Å²) < 4.78 is 5.22. The Kier molecular flexibility index (Phi) is 1.26. The molecule has 1 unspecified atom stereocenters. The maximum Gasteiger partial charge on any atom is 0.181 e. The minimum absolute atomic E-state index is 0.778. The van der Waals surface area contributed by atoms with Crippen LogP contribution < -0.4 is 0 Å². The molecule has 2 nitrogen and oxygen atoms in total. The number of fused-ring (bicyclic) bond motifs is 1. The highest BCUT2D eigenvalue weighted by Crippen LogP contribution is 2.23. The van der Waals surface area contributed by atoms with Gasteiger partial charge in [0.15, 0.2) is 6.39 Å². The van der Waals surface area contributed by atoms with E-state index >= 15 is 0 Å². The molecule has 0 saturated carbocycles. The lowest BCUT2D eigenvalue weighted by molar-refractivity contribution is 0.413. The molecule has 0 aliphatic heterocycles. The van der Waals surface area contributed by atoms with Crippen LogP contribution in [0.1, 0.15) is 24.8 Å². The second-order valence-corrected chi connectivity index (χ2v) is 3.07. The number of rotatable bonds is 0. The molecule has 0 amide bonds. The molecule has 0 bridgehead atoms. The zero-order valence-electron chi connectivity index (χ0n) is 6.13. The van der Waals surface area contributed by atoms with E-state index in [1.165, 1.54) is 12.1 Å². The zero-order chi connectivity index (χ0) is 6.97. The minimum Gasteiger partial charge on any atom is -0.448 e. The summed E-state index contributed by atoms with van der Waals surface area (Å²) in [6, 6.07) is 0. The fourth-order valence-corrected chi connectivity index (χ4v) is 1.47. The molecule has 1 aromatic rings. The number of aryl methyl sites for hydroxylation is 1. The van der Waals surface area contributed by atoms with E-state index in [1.54, 1.807) is 6.39 Å². The third-order valence-corrected chi connectivity index (χ3v) is 2.13. The first-order valence-electron chi connectivity index (χ1n) is 3.77. The number of aromatic nitrogens is 1. The molecule has 0 saturated heterocycles. The van der Waals surface area contributed by atoms with Crippen molar-refractivity contribution in [2.24, 2.45) is 5.92 Å². The van der Waals surface area contributed by atoms with Gasteiger partial charge >= 0.3 is 0 Å². The Morgan fingerprint density at radius 2 is 2.60 bits per heavy atom. The van der Waals surface area contributed by atoms with E-state index in [2.05, 4.69) is 11.9 Å². The molecule has 2 heteroatoms. The summed E-state index contributed by atoms with van der Waals surface area (Å²) in [6.45, 7) is 2.26. The van der Waals surface area contributed by atoms with E-state index in [0.717, 1.165) is 24.5 Å². The van der Waals surface area contributed by atoms with Gasteiger partial charge in [-0.25, -0.2) is 4.98 Å². The predicted molar refractivity (Wildman–Crippen MR) is 37.7 cm³/mol. The van der Waals surface area contributed by atoms with E-state index in [1.807, 2.05) is 0 Å². The van der Waals surface area contributed by atoms with Gasteiger partial charge in [-0.2, -0.15) is 0 Å². The van der Waals surface area contributed by atoms with Crippen LogP contribution in [0.2, 0.25) is 0 Å². The van der Waals surface area contributed by atoms with E-state index in [-0.39, 0.29) is 0 Å². The average Bonchev–Trinajstić information content (AvgIpc) is 2.33. The van der Waals surface area contributed by atoms with Crippen molar-refractivity contribution >= 4 is 0 Å². The van der Waals surface area contributed by atoms with Crippen molar-refractivity contribution in [3.05, 3.63) is 17.8 Å². The van der Waals surface area contributed by atoms with Gasteiger partial charge in [0.05, 0.1) is 5.69 Å². The van der Waals surface area contributed by atoms with Crippen LogP contribution in [-0.4, -0.2) is 4.98 Å². The number of oxazole rings is 1. The van der Waals surface area contributed by atoms with Crippen LogP contribution in [0.4, 0.5) is 0 Å². The topological polar surface area (TPSA) is 26.0 Å². The molecule has 1 aliphatic carbocycles. The van der Waals surface area contributed by atoms with Gasteiger partial charge in [-0.1, -0.05) is 6.92 Å². The zero-order valence-corrected chi connectivity index (χ0v) is 6.13. The largest absolute Gasteiger partial charge is 0.448 e. The Bertz CT molecular complexity index is 229. The van der Waals surface area contributed by atoms with Gasteiger partial charge in [-0.3, -0.25) is 0 Å². The van der Waals surface area contributed by atoms with E-state index in [0.29, 0.717) is 0 Å². The van der Waals surface area contributed by atoms with E-state index < -0.39 is 0 Å². The predicted octanol–water partition coefficient (Wildman–Crippen LogP) is 1.80. The molecule has 0 N–H and O–H groups in total. The third-order valence-electron chi connectivity index (χ3n) is 2.13. The molecule has 1 aromatic heterocycles. The lowest BCUT2D eigenvalue weighted by Crippen LogP contribution is -2.09. The first-order chi connectivity index (χ1) is 4.86. The average molecular weight is 137 g/mol. The lowest BCUT2D eigenvalue weighted by Gasteiger charge is -2.14. The molecule has 1 atom stereocenters. The number of nitrogens with zero attached hydrogens (tertiary/aromatic N) is 1. The summed E-state index contributed by atoms with van der Waals surface area (Å²) in [5.41, 5.74) is 1.18. The summed E-state index contributed by atoms with van der Waals surface area (Å²) in [5, 5.41) is 0. The van der Waals surface area contributed by atoms with Crippen LogP contribution in [0.15, 0.2) is 10.8 Å². The summed E-state index contributed by atoms with van der Waals surface area (Å²) in [5.74, 6) is 1.89. The van der Waals surface area contributed by atoms with Crippen molar-refractivity contribution in [1.82, 2.24) is 4.98 Å². The quantitative estimate of drug-likeness (QED) is 0.545. The van der Waals surface area contributed by atoms with Gasteiger partial charge in [0.25, 0.3) is 0 Å². The monoisotopic (exact) mass is 137 g/mol. The van der Waals surface area contributed by atoms with Crippen molar-refractivity contribution in [2.45, 2.75) is 26.2 Å². The minimum atomic E-state index is 0.778. The fourth-order valence-electron chi connectivity index (χ4n) is 1.47. The first kappa shape index (κ1) is 5.96. The maximum absolute atomic E-state index is 5.22. The Balaban J connectivity index is 2.30. The molecule has 1 aliphatic rings.